The molecule has 98 valence electrons. The average Bonchev–Trinajstić information content (AvgIpc) is 2.43. The molecule has 0 saturated heterocycles. The van der Waals surface area contributed by atoms with E-state index < -0.39 is 12.1 Å². The fourth-order valence-electron chi connectivity index (χ4n) is 1.63. The topological polar surface area (TPSA) is 55.4 Å². The van der Waals surface area contributed by atoms with Crippen molar-refractivity contribution in [2.24, 2.45) is 5.92 Å². The van der Waals surface area contributed by atoms with E-state index in [9.17, 15) is 9.59 Å². The lowest BCUT2D eigenvalue weighted by Gasteiger charge is -2.20. The Balaban J connectivity index is 2.95. The highest BCUT2D eigenvalue weighted by atomic mass is 16.5. The summed E-state index contributed by atoms with van der Waals surface area (Å²) in [7, 11) is 1.28. The SMILES string of the molecule is CCC(C)C(=O)[C@@H](NC(=O)OC)c1ccccc1. The van der Waals surface area contributed by atoms with Crippen molar-refractivity contribution in [1.29, 1.82) is 0 Å². The minimum atomic E-state index is -0.645. The maximum absolute atomic E-state index is 12.3. The van der Waals surface area contributed by atoms with Crippen LogP contribution in [0.3, 0.4) is 0 Å². The number of Topliss-reactive ketones (excluding diaryl/α,β-unsaturated/α-hetero) is 1. The van der Waals surface area contributed by atoms with Gasteiger partial charge in [0.05, 0.1) is 7.11 Å². The number of amides is 1. The number of rotatable bonds is 5. The van der Waals surface area contributed by atoms with E-state index in [2.05, 4.69) is 10.1 Å². The molecule has 0 aromatic heterocycles. The highest BCUT2D eigenvalue weighted by Gasteiger charge is 2.26. The molecule has 1 rings (SSSR count). The summed E-state index contributed by atoms with van der Waals surface area (Å²) in [6, 6.07) is 8.54. The van der Waals surface area contributed by atoms with E-state index in [0.717, 1.165) is 12.0 Å². The number of carbonyl (C=O) groups excluding carboxylic acids is 2. The number of benzene rings is 1. The van der Waals surface area contributed by atoms with Gasteiger partial charge in [0.25, 0.3) is 0 Å². The van der Waals surface area contributed by atoms with Crippen LogP contribution in [-0.2, 0) is 9.53 Å². The number of nitrogens with one attached hydrogen (secondary N) is 1. The number of hydrogen-bond donors (Lipinski definition) is 1. The molecule has 0 spiro atoms. The van der Waals surface area contributed by atoms with E-state index in [4.69, 9.17) is 0 Å². The number of alkyl carbamates (subject to hydrolysis) is 1. The molecule has 0 radical (unpaired) electrons. The summed E-state index contributed by atoms with van der Waals surface area (Å²) in [5.74, 6) is -0.110. The van der Waals surface area contributed by atoms with E-state index in [1.165, 1.54) is 7.11 Å². The second-order valence-electron chi connectivity index (χ2n) is 4.19. The van der Waals surface area contributed by atoms with Crippen LogP contribution >= 0.6 is 0 Å². The average molecular weight is 249 g/mol. The van der Waals surface area contributed by atoms with Crippen LogP contribution in [0.5, 0.6) is 0 Å². The third-order valence-electron chi connectivity index (χ3n) is 2.96. The summed E-state index contributed by atoms with van der Waals surface area (Å²) in [6.07, 6.45) is 0.144. The minimum Gasteiger partial charge on any atom is -0.453 e. The molecule has 18 heavy (non-hydrogen) atoms. The van der Waals surface area contributed by atoms with Gasteiger partial charge in [-0.25, -0.2) is 4.79 Å². The van der Waals surface area contributed by atoms with Crippen LogP contribution in [0.2, 0.25) is 0 Å². The van der Waals surface area contributed by atoms with Crippen LogP contribution in [-0.4, -0.2) is 19.0 Å². The Bertz CT molecular complexity index is 403. The number of ketones is 1. The third-order valence-corrected chi connectivity index (χ3v) is 2.96. The lowest BCUT2D eigenvalue weighted by atomic mass is 9.93. The van der Waals surface area contributed by atoms with Crippen molar-refractivity contribution in [2.75, 3.05) is 7.11 Å². The van der Waals surface area contributed by atoms with E-state index in [1.807, 2.05) is 44.2 Å². The van der Waals surface area contributed by atoms with Gasteiger partial charge in [-0.15, -0.1) is 0 Å². The van der Waals surface area contributed by atoms with Crippen LogP contribution in [0.25, 0.3) is 0 Å². The number of carbonyl (C=O) groups is 2. The van der Waals surface area contributed by atoms with Crippen LogP contribution in [0.1, 0.15) is 31.9 Å². The molecule has 0 fully saturated rings. The van der Waals surface area contributed by atoms with E-state index in [-0.39, 0.29) is 11.7 Å². The Hall–Kier alpha value is -1.84. The molecule has 1 unspecified atom stereocenters. The number of methoxy groups -OCH3 is 1. The Morgan fingerprint density at radius 3 is 2.39 bits per heavy atom. The molecule has 0 aliphatic rings. The molecular weight excluding hydrogens is 230 g/mol. The molecular formula is C14H19NO3. The highest BCUT2D eigenvalue weighted by Crippen LogP contribution is 2.19. The minimum absolute atomic E-state index is 0.00546. The van der Waals surface area contributed by atoms with Crippen LogP contribution in [0.15, 0.2) is 30.3 Å². The van der Waals surface area contributed by atoms with Crippen molar-refractivity contribution >= 4 is 11.9 Å². The fourth-order valence-corrected chi connectivity index (χ4v) is 1.63. The molecule has 4 nitrogen and oxygen atoms in total. The Morgan fingerprint density at radius 1 is 1.28 bits per heavy atom. The first-order chi connectivity index (χ1) is 8.60. The monoisotopic (exact) mass is 249 g/mol. The van der Waals surface area contributed by atoms with Gasteiger partial charge in [0, 0.05) is 5.92 Å². The predicted octanol–water partition coefficient (Wildman–Crippen LogP) is 2.70. The Labute approximate surface area is 107 Å². The maximum atomic E-state index is 12.3. The summed E-state index contributed by atoms with van der Waals surface area (Å²) in [5.41, 5.74) is 0.771. The lowest BCUT2D eigenvalue weighted by molar-refractivity contribution is -0.124. The number of ether oxygens (including phenoxy) is 1. The second-order valence-corrected chi connectivity index (χ2v) is 4.19. The van der Waals surface area contributed by atoms with Gasteiger partial charge in [-0.2, -0.15) is 0 Å². The van der Waals surface area contributed by atoms with Crippen molar-refractivity contribution in [3.05, 3.63) is 35.9 Å². The van der Waals surface area contributed by atoms with E-state index >= 15 is 0 Å². The van der Waals surface area contributed by atoms with E-state index in [1.54, 1.807) is 0 Å². The van der Waals surface area contributed by atoms with Gasteiger partial charge in [-0.1, -0.05) is 44.2 Å². The fraction of sp³-hybridized carbons (Fsp3) is 0.429. The van der Waals surface area contributed by atoms with Crippen molar-refractivity contribution in [3.63, 3.8) is 0 Å². The van der Waals surface area contributed by atoms with Gasteiger partial charge in [0.15, 0.2) is 5.78 Å². The Kier molecular flexibility index (Phi) is 5.36. The van der Waals surface area contributed by atoms with Crippen molar-refractivity contribution in [2.45, 2.75) is 26.3 Å². The van der Waals surface area contributed by atoms with Crippen LogP contribution in [0, 0.1) is 5.92 Å². The molecule has 4 heteroatoms. The first-order valence-electron chi connectivity index (χ1n) is 6.03. The van der Waals surface area contributed by atoms with Gasteiger partial charge < -0.3 is 10.1 Å². The molecule has 1 aromatic rings. The van der Waals surface area contributed by atoms with Crippen LogP contribution in [0.4, 0.5) is 4.79 Å². The molecule has 0 heterocycles. The summed E-state index contributed by atoms with van der Waals surface area (Å²) >= 11 is 0. The zero-order valence-electron chi connectivity index (χ0n) is 11.0. The first-order valence-corrected chi connectivity index (χ1v) is 6.03. The predicted molar refractivity (Wildman–Crippen MR) is 69.2 cm³/mol. The molecule has 0 aliphatic carbocycles. The standard InChI is InChI=1S/C14H19NO3/c1-4-10(2)13(16)12(15-14(17)18-3)11-8-6-5-7-9-11/h5-10,12H,4H2,1-3H3,(H,15,17)/t10?,12-/m0/s1. The third kappa shape index (κ3) is 3.58. The number of hydrogen-bond acceptors (Lipinski definition) is 3. The van der Waals surface area contributed by atoms with Gasteiger partial charge in [0.2, 0.25) is 0 Å². The maximum Gasteiger partial charge on any atom is 0.407 e. The van der Waals surface area contributed by atoms with Gasteiger partial charge in [-0.05, 0) is 12.0 Å². The highest BCUT2D eigenvalue weighted by molar-refractivity contribution is 5.90. The van der Waals surface area contributed by atoms with Gasteiger partial charge in [0.1, 0.15) is 6.04 Å². The molecule has 0 bridgehead atoms. The molecule has 1 aromatic carbocycles. The zero-order valence-corrected chi connectivity index (χ0v) is 11.0. The van der Waals surface area contributed by atoms with E-state index in [0.29, 0.717) is 0 Å². The van der Waals surface area contributed by atoms with Gasteiger partial charge in [-0.3, -0.25) is 4.79 Å². The zero-order chi connectivity index (χ0) is 13.5. The molecule has 2 atom stereocenters. The Morgan fingerprint density at radius 2 is 1.89 bits per heavy atom. The smallest absolute Gasteiger partial charge is 0.407 e. The molecule has 0 saturated carbocycles. The summed E-state index contributed by atoms with van der Waals surface area (Å²) in [6.45, 7) is 3.81. The normalized spacial score (nSPS) is 13.5. The summed E-state index contributed by atoms with van der Waals surface area (Å²) in [5, 5.41) is 2.59. The molecule has 0 aliphatic heterocycles. The molecule has 1 amide bonds. The lowest BCUT2D eigenvalue weighted by Crippen LogP contribution is -2.36. The van der Waals surface area contributed by atoms with Crippen molar-refractivity contribution < 1.29 is 14.3 Å². The second kappa shape index (κ2) is 6.79. The quantitative estimate of drug-likeness (QED) is 0.872. The van der Waals surface area contributed by atoms with Crippen molar-refractivity contribution in [1.82, 2.24) is 5.32 Å². The molecule has 1 N–H and O–H groups in total. The first kappa shape index (κ1) is 14.2. The van der Waals surface area contributed by atoms with Gasteiger partial charge >= 0.3 is 6.09 Å². The summed E-state index contributed by atoms with van der Waals surface area (Å²) < 4.78 is 4.56. The van der Waals surface area contributed by atoms with Crippen LogP contribution < -0.4 is 5.32 Å². The van der Waals surface area contributed by atoms with Crippen molar-refractivity contribution in [3.8, 4) is 0 Å². The largest absolute Gasteiger partial charge is 0.453 e. The summed E-state index contributed by atoms with van der Waals surface area (Å²) in [4.78, 5) is 23.6.